The molecule has 1 aliphatic rings. The van der Waals surface area contributed by atoms with Crippen molar-refractivity contribution < 1.29 is 14.1 Å². The highest BCUT2D eigenvalue weighted by Gasteiger charge is 2.41. The summed E-state index contributed by atoms with van der Waals surface area (Å²) in [4.78, 5) is 26.5. The molecule has 0 saturated heterocycles. The molecule has 7 heteroatoms. The molecule has 2 N–H and O–H groups in total. The van der Waals surface area contributed by atoms with E-state index in [2.05, 4.69) is 41.6 Å². The number of nitrogens with zero attached hydrogens (tertiary/aromatic N) is 2. The first kappa shape index (κ1) is 17.2. The second-order valence-electron chi connectivity index (χ2n) is 7.57. The molecule has 1 aliphatic carbocycles. The molecule has 1 saturated carbocycles. The minimum atomic E-state index is -0.332. The number of hydrogen-bond donors (Lipinski definition) is 2. The minimum absolute atomic E-state index is 0.0389. The van der Waals surface area contributed by atoms with Crippen LogP contribution in [0.1, 0.15) is 45.7 Å². The van der Waals surface area contributed by atoms with Gasteiger partial charge in [0.15, 0.2) is 0 Å². The van der Waals surface area contributed by atoms with Crippen LogP contribution in [0.15, 0.2) is 15.6 Å². The Hall–Kier alpha value is -2.14. The van der Waals surface area contributed by atoms with E-state index in [9.17, 15) is 9.59 Å². The fourth-order valence-corrected chi connectivity index (χ4v) is 3.75. The van der Waals surface area contributed by atoms with Crippen molar-refractivity contribution in [1.29, 1.82) is 0 Å². The van der Waals surface area contributed by atoms with Crippen LogP contribution in [0.2, 0.25) is 0 Å². The van der Waals surface area contributed by atoms with Crippen LogP contribution in [-0.4, -0.2) is 29.9 Å². The van der Waals surface area contributed by atoms with E-state index in [1.165, 1.54) is 0 Å². The lowest BCUT2D eigenvalue weighted by atomic mass is 9.63. The molecule has 7 nitrogen and oxygen atoms in total. The zero-order valence-electron chi connectivity index (χ0n) is 14.1. The molecule has 1 fully saturated rings. The Morgan fingerprint density at radius 2 is 2.22 bits per heavy atom. The number of rotatable bonds is 4. The summed E-state index contributed by atoms with van der Waals surface area (Å²) in [5.41, 5.74) is 0.649. The number of isocyanates is 1. The van der Waals surface area contributed by atoms with Gasteiger partial charge in [-0.15, -0.1) is 0 Å². The van der Waals surface area contributed by atoms with Crippen molar-refractivity contribution in [2.75, 3.05) is 11.9 Å². The number of urea groups is 1. The summed E-state index contributed by atoms with van der Waals surface area (Å²) in [6.45, 7) is 8.72. The molecule has 0 aromatic carbocycles. The number of carbonyl (C=O) groups is 1. The fraction of sp³-hybridized carbons (Fsp3) is 0.688. The molecule has 23 heavy (non-hydrogen) atoms. The Balaban J connectivity index is 1.94. The van der Waals surface area contributed by atoms with Gasteiger partial charge in [0.2, 0.25) is 12.0 Å². The maximum Gasteiger partial charge on any atom is 0.321 e. The molecule has 2 unspecified atom stereocenters. The van der Waals surface area contributed by atoms with E-state index in [0.29, 0.717) is 18.1 Å². The standard InChI is InChI=1S/C16H24N4O3/c1-11-5-13(23-20-11)19-14(22)17-9-16(4)7-12(18-10-21)6-15(2,3)8-16/h5,12H,6-9H2,1-4H3,(H2,17,19,22). The Bertz CT molecular complexity index is 619. The third-order valence-corrected chi connectivity index (χ3v) is 4.20. The summed E-state index contributed by atoms with van der Waals surface area (Å²) in [6.07, 6.45) is 4.24. The second-order valence-corrected chi connectivity index (χ2v) is 7.57. The second kappa shape index (κ2) is 6.54. The first-order chi connectivity index (χ1) is 10.7. The van der Waals surface area contributed by atoms with Gasteiger partial charge in [0, 0.05) is 12.6 Å². The normalized spacial score (nSPS) is 26.2. The molecule has 1 aromatic rings. The summed E-state index contributed by atoms with van der Waals surface area (Å²) >= 11 is 0. The topological polar surface area (TPSA) is 96.6 Å². The van der Waals surface area contributed by atoms with Crippen molar-refractivity contribution >= 4 is 18.0 Å². The van der Waals surface area contributed by atoms with Crippen molar-refractivity contribution in [2.45, 2.75) is 53.0 Å². The van der Waals surface area contributed by atoms with Crippen molar-refractivity contribution in [2.24, 2.45) is 15.8 Å². The van der Waals surface area contributed by atoms with E-state index in [1.54, 1.807) is 19.1 Å². The zero-order chi connectivity index (χ0) is 17.1. The van der Waals surface area contributed by atoms with Gasteiger partial charge in [0.05, 0.1) is 11.7 Å². The van der Waals surface area contributed by atoms with Crippen molar-refractivity contribution in [3.63, 3.8) is 0 Å². The number of aromatic nitrogens is 1. The predicted molar refractivity (Wildman–Crippen MR) is 85.9 cm³/mol. The van der Waals surface area contributed by atoms with E-state index in [-0.39, 0.29) is 22.9 Å². The smallest absolute Gasteiger partial charge is 0.321 e. The van der Waals surface area contributed by atoms with Gasteiger partial charge in [0.1, 0.15) is 0 Å². The lowest BCUT2D eigenvalue weighted by molar-refractivity contribution is 0.0855. The highest BCUT2D eigenvalue weighted by atomic mass is 16.5. The van der Waals surface area contributed by atoms with Gasteiger partial charge in [-0.25, -0.2) is 14.6 Å². The van der Waals surface area contributed by atoms with E-state index < -0.39 is 0 Å². The third kappa shape index (κ3) is 4.93. The van der Waals surface area contributed by atoms with Gasteiger partial charge >= 0.3 is 6.03 Å². The average Bonchev–Trinajstić information content (AvgIpc) is 2.80. The van der Waals surface area contributed by atoms with Gasteiger partial charge < -0.3 is 9.84 Å². The van der Waals surface area contributed by atoms with Gasteiger partial charge in [-0.05, 0) is 37.0 Å². The highest BCUT2D eigenvalue weighted by molar-refractivity contribution is 5.87. The Morgan fingerprint density at radius 3 is 2.83 bits per heavy atom. The van der Waals surface area contributed by atoms with Gasteiger partial charge in [-0.3, -0.25) is 5.32 Å². The van der Waals surface area contributed by atoms with Gasteiger partial charge in [-0.1, -0.05) is 25.9 Å². The van der Waals surface area contributed by atoms with Crippen molar-refractivity contribution in [1.82, 2.24) is 10.5 Å². The largest absolute Gasteiger partial charge is 0.338 e. The summed E-state index contributed by atoms with van der Waals surface area (Å²) < 4.78 is 4.95. The van der Waals surface area contributed by atoms with Crippen molar-refractivity contribution in [3.8, 4) is 0 Å². The molecule has 0 spiro atoms. The first-order valence-corrected chi connectivity index (χ1v) is 7.77. The van der Waals surface area contributed by atoms with Gasteiger partial charge in [0.25, 0.3) is 0 Å². The molecular weight excluding hydrogens is 296 g/mol. The van der Waals surface area contributed by atoms with Crippen LogP contribution >= 0.6 is 0 Å². The van der Waals surface area contributed by atoms with Crippen LogP contribution in [-0.2, 0) is 4.79 Å². The number of nitrogens with one attached hydrogen (secondary N) is 2. The molecular formula is C16H24N4O3. The first-order valence-electron chi connectivity index (χ1n) is 7.77. The SMILES string of the molecule is Cc1cc(NC(=O)NCC2(C)CC(N=C=O)CC(C)(C)C2)on1. The molecule has 2 atom stereocenters. The van der Waals surface area contributed by atoms with Crippen LogP contribution in [0.3, 0.4) is 0 Å². The Morgan fingerprint density at radius 1 is 1.48 bits per heavy atom. The molecule has 1 heterocycles. The lowest BCUT2D eigenvalue weighted by Gasteiger charge is -2.45. The maximum absolute atomic E-state index is 12.0. The molecule has 0 bridgehead atoms. The quantitative estimate of drug-likeness (QED) is 0.658. The molecule has 1 aromatic heterocycles. The van der Waals surface area contributed by atoms with Crippen molar-refractivity contribution in [3.05, 3.63) is 11.8 Å². The predicted octanol–water partition coefficient (Wildman–Crippen LogP) is 3.03. The van der Waals surface area contributed by atoms with Crippen LogP contribution in [0, 0.1) is 17.8 Å². The molecule has 0 radical (unpaired) electrons. The van der Waals surface area contributed by atoms with Crippen LogP contribution in [0.5, 0.6) is 0 Å². The summed E-state index contributed by atoms with van der Waals surface area (Å²) in [5, 5.41) is 9.20. The lowest BCUT2D eigenvalue weighted by Crippen LogP contribution is -2.45. The number of anilines is 1. The third-order valence-electron chi connectivity index (χ3n) is 4.20. The number of carbonyl (C=O) groups excluding carboxylic acids is 2. The van der Waals surface area contributed by atoms with E-state index in [4.69, 9.17) is 4.52 Å². The van der Waals surface area contributed by atoms with E-state index in [1.807, 2.05) is 0 Å². The number of amides is 2. The van der Waals surface area contributed by atoms with Crippen LogP contribution in [0.4, 0.5) is 10.7 Å². The van der Waals surface area contributed by atoms with E-state index >= 15 is 0 Å². The number of aliphatic imine (C=N–C) groups is 1. The highest BCUT2D eigenvalue weighted by Crippen LogP contribution is 2.46. The molecule has 126 valence electrons. The Kier molecular flexibility index (Phi) is 4.90. The number of aryl methyl sites for hydroxylation is 1. The molecule has 0 aliphatic heterocycles. The maximum atomic E-state index is 12.0. The summed E-state index contributed by atoms with van der Waals surface area (Å²) in [6, 6.07) is 1.28. The summed E-state index contributed by atoms with van der Waals surface area (Å²) in [5.74, 6) is 0.317. The van der Waals surface area contributed by atoms with Crippen LogP contribution < -0.4 is 10.6 Å². The molecule has 2 amide bonds. The summed E-state index contributed by atoms with van der Waals surface area (Å²) in [7, 11) is 0. The minimum Gasteiger partial charge on any atom is -0.338 e. The Labute approximate surface area is 135 Å². The van der Waals surface area contributed by atoms with E-state index in [0.717, 1.165) is 19.3 Å². The monoisotopic (exact) mass is 320 g/mol. The zero-order valence-corrected chi connectivity index (χ0v) is 14.1. The molecule has 2 rings (SSSR count). The van der Waals surface area contributed by atoms with Crippen LogP contribution in [0.25, 0.3) is 0 Å². The average molecular weight is 320 g/mol. The fourth-order valence-electron chi connectivity index (χ4n) is 3.75. The number of hydrogen-bond acceptors (Lipinski definition) is 5. The van der Waals surface area contributed by atoms with Gasteiger partial charge in [-0.2, -0.15) is 0 Å².